The van der Waals surface area contributed by atoms with E-state index in [0.29, 0.717) is 0 Å². The van der Waals surface area contributed by atoms with Crippen LogP contribution >= 0.6 is 0 Å². The molecule has 1 fully saturated rings. The van der Waals surface area contributed by atoms with Crippen LogP contribution in [0.25, 0.3) is 0 Å². The van der Waals surface area contributed by atoms with Gasteiger partial charge in [-0.25, -0.2) is 9.97 Å². The molecule has 70 valence electrons. The van der Waals surface area contributed by atoms with E-state index in [2.05, 4.69) is 9.97 Å². The van der Waals surface area contributed by atoms with Crippen molar-refractivity contribution in [3.05, 3.63) is 24.3 Å². The van der Waals surface area contributed by atoms with Gasteiger partial charge in [0.05, 0.1) is 18.4 Å². The number of ether oxygens (including phenoxy) is 1. The maximum Gasteiger partial charge on any atom is 0.115 e. The average molecular weight is 180 g/mol. The Hall–Kier alpha value is -1.00. The molecule has 0 spiro atoms. The summed E-state index contributed by atoms with van der Waals surface area (Å²) in [7, 11) is 0. The van der Waals surface area contributed by atoms with E-state index in [1.165, 1.54) is 6.33 Å². The van der Waals surface area contributed by atoms with Gasteiger partial charge in [0.15, 0.2) is 0 Å². The van der Waals surface area contributed by atoms with Crippen LogP contribution in [0.4, 0.5) is 0 Å². The molecule has 2 unspecified atom stereocenters. The lowest BCUT2D eigenvalue weighted by molar-refractivity contribution is 0.00918. The minimum absolute atomic E-state index is 0.0139. The predicted molar refractivity (Wildman–Crippen MR) is 46.0 cm³/mol. The Balaban J connectivity index is 2.04. The van der Waals surface area contributed by atoms with Crippen LogP contribution in [0.2, 0.25) is 0 Å². The summed E-state index contributed by atoms with van der Waals surface area (Å²) in [6.07, 6.45) is 5.09. The highest BCUT2D eigenvalue weighted by molar-refractivity contribution is 5.04. The van der Waals surface area contributed by atoms with Gasteiger partial charge in [0.25, 0.3) is 0 Å². The summed E-state index contributed by atoms with van der Waals surface area (Å²) >= 11 is 0. The minimum atomic E-state index is -0.0139. The number of aliphatic hydroxyl groups is 1. The molecule has 2 heterocycles. The maximum absolute atomic E-state index is 8.87. The van der Waals surface area contributed by atoms with Gasteiger partial charge in [0, 0.05) is 6.20 Å². The largest absolute Gasteiger partial charge is 0.394 e. The molecule has 1 aromatic rings. The van der Waals surface area contributed by atoms with Crippen LogP contribution in [-0.2, 0) is 4.74 Å². The summed E-state index contributed by atoms with van der Waals surface area (Å²) in [6.45, 7) is 0.0988. The van der Waals surface area contributed by atoms with E-state index in [1.807, 2.05) is 6.07 Å². The van der Waals surface area contributed by atoms with E-state index in [-0.39, 0.29) is 18.8 Å². The summed E-state index contributed by atoms with van der Waals surface area (Å²) in [6, 6.07) is 1.85. The lowest BCUT2D eigenvalue weighted by Crippen LogP contribution is -2.11. The molecule has 0 aromatic carbocycles. The van der Waals surface area contributed by atoms with Crippen molar-refractivity contribution in [2.24, 2.45) is 0 Å². The minimum Gasteiger partial charge on any atom is -0.394 e. The molecule has 0 saturated carbocycles. The SMILES string of the molecule is OCC1CCC(c2ccncn2)O1. The van der Waals surface area contributed by atoms with Crippen LogP contribution in [0.15, 0.2) is 18.6 Å². The monoisotopic (exact) mass is 180 g/mol. The second-order valence-electron chi connectivity index (χ2n) is 3.14. The van der Waals surface area contributed by atoms with Crippen molar-refractivity contribution in [3.8, 4) is 0 Å². The van der Waals surface area contributed by atoms with E-state index >= 15 is 0 Å². The molecule has 1 aliphatic heterocycles. The third kappa shape index (κ3) is 1.84. The van der Waals surface area contributed by atoms with E-state index in [4.69, 9.17) is 9.84 Å². The van der Waals surface area contributed by atoms with Crippen molar-refractivity contribution < 1.29 is 9.84 Å². The van der Waals surface area contributed by atoms with Gasteiger partial charge in [0.1, 0.15) is 12.4 Å². The Kier molecular flexibility index (Phi) is 2.52. The summed E-state index contributed by atoms with van der Waals surface area (Å²) in [5, 5.41) is 8.87. The van der Waals surface area contributed by atoms with Gasteiger partial charge in [-0.05, 0) is 18.9 Å². The fourth-order valence-corrected chi connectivity index (χ4v) is 1.55. The van der Waals surface area contributed by atoms with Crippen LogP contribution in [0.1, 0.15) is 24.6 Å². The van der Waals surface area contributed by atoms with Crippen LogP contribution < -0.4 is 0 Å². The van der Waals surface area contributed by atoms with Gasteiger partial charge >= 0.3 is 0 Å². The zero-order chi connectivity index (χ0) is 9.10. The standard InChI is InChI=1S/C9H12N2O2/c12-5-7-1-2-9(13-7)8-3-4-10-6-11-8/h3-4,6-7,9,12H,1-2,5H2. The second-order valence-corrected chi connectivity index (χ2v) is 3.14. The molecule has 2 atom stereocenters. The zero-order valence-corrected chi connectivity index (χ0v) is 7.26. The number of rotatable bonds is 2. The molecule has 0 radical (unpaired) electrons. The smallest absolute Gasteiger partial charge is 0.115 e. The molecule has 2 rings (SSSR count). The molecular weight excluding hydrogens is 168 g/mol. The summed E-state index contributed by atoms with van der Waals surface area (Å²) in [4.78, 5) is 7.95. The Labute approximate surface area is 76.6 Å². The molecule has 1 aliphatic rings. The van der Waals surface area contributed by atoms with Crippen LogP contribution in [0.3, 0.4) is 0 Å². The first-order chi connectivity index (χ1) is 6.40. The lowest BCUT2D eigenvalue weighted by Gasteiger charge is -2.10. The van der Waals surface area contributed by atoms with Gasteiger partial charge in [-0.15, -0.1) is 0 Å². The highest BCUT2D eigenvalue weighted by atomic mass is 16.5. The highest BCUT2D eigenvalue weighted by Crippen LogP contribution is 2.30. The topological polar surface area (TPSA) is 55.2 Å². The summed E-state index contributed by atoms with van der Waals surface area (Å²) < 4.78 is 5.56. The highest BCUT2D eigenvalue weighted by Gasteiger charge is 2.26. The van der Waals surface area contributed by atoms with Crippen LogP contribution in [-0.4, -0.2) is 27.8 Å². The van der Waals surface area contributed by atoms with Crippen LogP contribution in [0.5, 0.6) is 0 Å². The first kappa shape index (κ1) is 8.59. The average Bonchev–Trinajstić information content (AvgIpc) is 2.67. The van der Waals surface area contributed by atoms with Gasteiger partial charge in [0.2, 0.25) is 0 Å². The fourth-order valence-electron chi connectivity index (χ4n) is 1.55. The molecule has 4 heteroatoms. The third-order valence-electron chi connectivity index (χ3n) is 2.25. The molecule has 1 N–H and O–H groups in total. The van der Waals surface area contributed by atoms with Gasteiger partial charge < -0.3 is 9.84 Å². The van der Waals surface area contributed by atoms with Crippen molar-refractivity contribution in [2.45, 2.75) is 25.0 Å². The van der Waals surface area contributed by atoms with Crippen molar-refractivity contribution in [1.82, 2.24) is 9.97 Å². The number of aliphatic hydroxyl groups excluding tert-OH is 1. The molecule has 4 nitrogen and oxygen atoms in total. The van der Waals surface area contributed by atoms with E-state index < -0.39 is 0 Å². The molecular formula is C9H12N2O2. The molecule has 0 bridgehead atoms. The summed E-state index contributed by atoms with van der Waals surface area (Å²) in [5.74, 6) is 0. The lowest BCUT2D eigenvalue weighted by atomic mass is 10.1. The Morgan fingerprint density at radius 3 is 3.08 bits per heavy atom. The number of hydrogen-bond acceptors (Lipinski definition) is 4. The normalized spacial score (nSPS) is 27.8. The summed E-state index contributed by atoms with van der Waals surface area (Å²) in [5.41, 5.74) is 0.908. The van der Waals surface area contributed by atoms with E-state index in [1.54, 1.807) is 6.20 Å². The molecule has 0 aliphatic carbocycles. The van der Waals surface area contributed by atoms with Crippen LogP contribution in [0, 0.1) is 0 Å². The van der Waals surface area contributed by atoms with Crippen molar-refractivity contribution >= 4 is 0 Å². The van der Waals surface area contributed by atoms with Crippen molar-refractivity contribution in [1.29, 1.82) is 0 Å². The molecule has 1 saturated heterocycles. The Bertz CT molecular complexity index is 266. The van der Waals surface area contributed by atoms with Gasteiger partial charge in [-0.1, -0.05) is 0 Å². The maximum atomic E-state index is 8.87. The number of nitrogens with zero attached hydrogens (tertiary/aromatic N) is 2. The van der Waals surface area contributed by atoms with Gasteiger partial charge in [-0.3, -0.25) is 0 Å². The first-order valence-electron chi connectivity index (χ1n) is 4.42. The second kappa shape index (κ2) is 3.81. The van der Waals surface area contributed by atoms with E-state index in [0.717, 1.165) is 18.5 Å². The Morgan fingerprint density at radius 1 is 1.54 bits per heavy atom. The van der Waals surface area contributed by atoms with Crippen molar-refractivity contribution in [3.63, 3.8) is 0 Å². The van der Waals surface area contributed by atoms with Crippen molar-refractivity contribution in [2.75, 3.05) is 6.61 Å². The van der Waals surface area contributed by atoms with E-state index in [9.17, 15) is 0 Å². The number of hydrogen-bond donors (Lipinski definition) is 1. The molecule has 1 aromatic heterocycles. The molecule has 13 heavy (non-hydrogen) atoms. The third-order valence-corrected chi connectivity index (χ3v) is 2.25. The first-order valence-corrected chi connectivity index (χ1v) is 4.42. The zero-order valence-electron chi connectivity index (χ0n) is 7.26. The van der Waals surface area contributed by atoms with Gasteiger partial charge in [-0.2, -0.15) is 0 Å². The fraction of sp³-hybridized carbons (Fsp3) is 0.556. The quantitative estimate of drug-likeness (QED) is 0.727. The number of aromatic nitrogens is 2. The molecule has 0 amide bonds. The predicted octanol–water partition coefficient (Wildman–Crippen LogP) is 0.689. The Morgan fingerprint density at radius 2 is 2.46 bits per heavy atom.